The molecule has 2 atom stereocenters. The zero-order valence-corrected chi connectivity index (χ0v) is 14.2. The summed E-state index contributed by atoms with van der Waals surface area (Å²) in [6, 6.07) is 6.61. The fraction of sp³-hybridized carbons (Fsp3) is 0.500. The maximum absolute atomic E-state index is 12.9. The molecule has 0 aliphatic heterocycles. The van der Waals surface area contributed by atoms with Gasteiger partial charge in [-0.1, -0.05) is 55.0 Å². The molecule has 1 aliphatic rings. The topological polar surface area (TPSA) is 0 Å². The zero-order chi connectivity index (χ0) is 16.0. The molecule has 0 spiro atoms. The highest BCUT2D eigenvalue weighted by Gasteiger charge is 2.49. The minimum atomic E-state index is -0.876. The summed E-state index contributed by atoms with van der Waals surface area (Å²) in [5, 5.41) is 0. The van der Waals surface area contributed by atoms with Crippen LogP contribution in [-0.2, 0) is 6.42 Å². The molecular weight excluding hydrogens is 259 g/mol. The van der Waals surface area contributed by atoms with Crippen molar-refractivity contribution in [3.8, 4) is 0 Å². The Bertz CT molecular complexity index is 509. The van der Waals surface area contributed by atoms with E-state index in [0.29, 0.717) is 0 Å². The summed E-state index contributed by atoms with van der Waals surface area (Å²) >= 11 is 0. The van der Waals surface area contributed by atoms with E-state index in [0.717, 1.165) is 24.8 Å². The monoisotopic (exact) mass is 288 g/mol. The molecule has 21 heavy (non-hydrogen) atoms. The third-order valence-corrected chi connectivity index (χ3v) is 4.05. The van der Waals surface area contributed by atoms with Crippen molar-refractivity contribution in [3.63, 3.8) is 0 Å². The van der Waals surface area contributed by atoms with E-state index in [1.54, 1.807) is 6.92 Å². The normalized spacial score (nSPS) is 23.6. The maximum atomic E-state index is 12.9. The molecule has 2 rings (SSSR count). The molecule has 0 saturated heterocycles. The molecule has 0 bridgehead atoms. The lowest BCUT2D eigenvalue weighted by Gasteiger charge is -2.02. The second-order valence-electron chi connectivity index (χ2n) is 6.45. The summed E-state index contributed by atoms with van der Waals surface area (Å²) in [5.41, 5.74) is 4.40. The molecule has 1 fully saturated rings. The molecule has 1 saturated carbocycles. The van der Waals surface area contributed by atoms with Gasteiger partial charge in [-0.25, -0.2) is 4.39 Å². The smallest absolute Gasteiger partial charge is 0.111 e. The van der Waals surface area contributed by atoms with Gasteiger partial charge in [-0.2, -0.15) is 0 Å². The van der Waals surface area contributed by atoms with Crippen LogP contribution in [0.4, 0.5) is 4.39 Å². The summed E-state index contributed by atoms with van der Waals surface area (Å²) in [6.45, 7) is 13.8. The molecule has 0 aromatic heterocycles. The van der Waals surface area contributed by atoms with Crippen LogP contribution in [-0.4, -0.2) is 5.67 Å². The molecule has 1 aliphatic carbocycles. The van der Waals surface area contributed by atoms with Crippen molar-refractivity contribution >= 4 is 0 Å². The average Bonchev–Trinajstić information content (AvgIpc) is 3.00. The van der Waals surface area contributed by atoms with E-state index in [-0.39, 0.29) is 5.92 Å². The van der Waals surface area contributed by atoms with Gasteiger partial charge in [0.1, 0.15) is 5.67 Å². The van der Waals surface area contributed by atoms with Crippen LogP contribution in [0.5, 0.6) is 0 Å². The van der Waals surface area contributed by atoms with Crippen molar-refractivity contribution in [2.75, 3.05) is 0 Å². The Balaban J connectivity index is 0.000000211. The third-order valence-electron chi connectivity index (χ3n) is 4.05. The standard InChI is InChI=1S/C10H15F.C10H14/c1-8(2)5-4-6-9-7-10(9,3)11;1-4-10-7-8(2)5-6-9(10)3/h4-5,9H,1,6-7H2,2-3H3;5-7H,4H2,1-3H3/b5-4+;. The molecule has 0 amide bonds. The highest BCUT2D eigenvalue weighted by atomic mass is 19.1. The van der Waals surface area contributed by atoms with E-state index in [4.69, 9.17) is 0 Å². The van der Waals surface area contributed by atoms with Crippen molar-refractivity contribution < 1.29 is 4.39 Å². The lowest BCUT2D eigenvalue weighted by molar-refractivity contribution is 0.309. The Morgan fingerprint density at radius 2 is 2.05 bits per heavy atom. The fourth-order valence-electron chi connectivity index (χ4n) is 2.37. The Morgan fingerprint density at radius 3 is 2.48 bits per heavy atom. The number of rotatable bonds is 4. The van der Waals surface area contributed by atoms with Crippen LogP contribution < -0.4 is 0 Å². The predicted molar refractivity (Wildman–Crippen MR) is 91.5 cm³/mol. The summed E-state index contributed by atoms with van der Waals surface area (Å²) in [5.74, 6) is 0.262. The third kappa shape index (κ3) is 6.29. The fourth-order valence-corrected chi connectivity index (χ4v) is 2.37. The summed E-state index contributed by atoms with van der Waals surface area (Å²) in [4.78, 5) is 0. The quantitative estimate of drug-likeness (QED) is 0.585. The van der Waals surface area contributed by atoms with Gasteiger partial charge >= 0.3 is 0 Å². The molecule has 1 aromatic carbocycles. The molecule has 116 valence electrons. The Labute approximate surface area is 129 Å². The van der Waals surface area contributed by atoms with Crippen LogP contribution in [0.2, 0.25) is 0 Å². The molecule has 2 unspecified atom stereocenters. The van der Waals surface area contributed by atoms with Crippen LogP contribution in [0.15, 0.2) is 42.5 Å². The first-order chi connectivity index (χ1) is 9.76. The number of alkyl halides is 1. The summed E-state index contributed by atoms with van der Waals surface area (Å²) in [6.07, 6.45) is 6.70. The number of halogens is 1. The molecule has 0 N–H and O–H groups in total. The maximum Gasteiger partial charge on any atom is 0.111 e. The first-order valence-electron chi connectivity index (χ1n) is 7.83. The van der Waals surface area contributed by atoms with Crippen molar-refractivity contribution in [2.24, 2.45) is 5.92 Å². The van der Waals surface area contributed by atoms with E-state index in [1.807, 2.05) is 19.1 Å². The first kappa shape index (κ1) is 17.7. The predicted octanol–water partition coefficient (Wildman–Crippen LogP) is 6.12. The van der Waals surface area contributed by atoms with Crippen LogP contribution in [0.1, 0.15) is 50.3 Å². The van der Waals surface area contributed by atoms with Gasteiger partial charge in [-0.05, 0) is 64.0 Å². The second kappa shape index (κ2) is 7.59. The van der Waals surface area contributed by atoms with Gasteiger partial charge in [0.15, 0.2) is 0 Å². The molecule has 0 radical (unpaired) electrons. The second-order valence-corrected chi connectivity index (χ2v) is 6.45. The van der Waals surface area contributed by atoms with Crippen LogP contribution in [0, 0.1) is 19.8 Å². The minimum absolute atomic E-state index is 0.262. The molecule has 1 heteroatoms. The Hall–Kier alpha value is -1.37. The number of aryl methyl sites for hydroxylation is 3. The van der Waals surface area contributed by atoms with Crippen molar-refractivity contribution in [2.45, 2.75) is 59.5 Å². The highest BCUT2D eigenvalue weighted by molar-refractivity contribution is 5.30. The number of benzene rings is 1. The zero-order valence-electron chi connectivity index (χ0n) is 14.2. The van der Waals surface area contributed by atoms with Gasteiger partial charge in [-0.15, -0.1) is 0 Å². The number of allylic oxidation sites excluding steroid dienone is 3. The van der Waals surface area contributed by atoms with Crippen LogP contribution in [0.25, 0.3) is 0 Å². The van der Waals surface area contributed by atoms with Crippen molar-refractivity contribution in [1.82, 2.24) is 0 Å². The Kier molecular flexibility index (Phi) is 6.39. The first-order valence-corrected chi connectivity index (χ1v) is 7.83. The summed E-state index contributed by atoms with van der Waals surface area (Å²) < 4.78 is 12.9. The van der Waals surface area contributed by atoms with Gasteiger partial charge in [0, 0.05) is 0 Å². The van der Waals surface area contributed by atoms with E-state index < -0.39 is 5.67 Å². The van der Waals surface area contributed by atoms with Gasteiger partial charge in [0.05, 0.1) is 0 Å². The minimum Gasteiger partial charge on any atom is -0.244 e. The largest absolute Gasteiger partial charge is 0.244 e. The van der Waals surface area contributed by atoms with E-state index in [2.05, 4.69) is 45.5 Å². The molecular formula is C20H29F. The number of hydrogen-bond donors (Lipinski definition) is 0. The molecule has 0 nitrogen and oxygen atoms in total. The van der Waals surface area contributed by atoms with E-state index in [1.165, 1.54) is 16.7 Å². The van der Waals surface area contributed by atoms with Crippen LogP contribution >= 0.6 is 0 Å². The van der Waals surface area contributed by atoms with Gasteiger partial charge < -0.3 is 0 Å². The van der Waals surface area contributed by atoms with Gasteiger partial charge in [0.25, 0.3) is 0 Å². The highest BCUT2D eigenvalue weighted by Crippen LogP contribution is 2.49. The summed E-state index contributed by atoms with van der Waals surface area (Å²) in [7, 11) is 0. The van der Waals surface area contributed by atoms with Crippen molar-refractivity contribution in [3.05, 3.63) is 59.2 Å². The lowest BCUT2D eigenvalue weighted by atomic mass is 10.0. The Morgan fingerprint density at radius 1 is 1.43 bits per heavy atom. The lowest BCUT2D eigenvalue weighted by Crippen LogP contribution is -1.93. The molecule has 0 heterocycles. The van der Waals surface area contributed by atoms with E-state index >= 15 is 0 Å². The van der Waals surface area contributed by atoms with Gasteiger partial charge in [0.2, 0.25) is 0 Å². The molecule has 1 aromatic rings. The van der Waals surface area contributed by atoms with Gasteiger partial charge in [-0.3, -0.25) is 0 Å². The van der Waals surface area contributed by atoms with Crippen LogP contribution in [0.3, 0.4) is 0 Å². The van der Waals surface area contributed by atoms with Crippen molar-refractivity contribution in [1.29, 1.82) is 0 Å². The SMILES string of the molecule is C=C(C)/C=C/CC1CC1(C)F.CCc1cc(C)ccc1C. The van der Waals surface area contributed by atoms with E-state index in [9.17, 15) is 4.39 Å². The average molecular weight is 288 g/mol. The number of hydrogen-bond acceptors (Lipinski definition) is 0.